The summed E-state index contributed by atoms with van der Waals surface area (Å²) in [5, 5.41) is 30.8. The molecule has 1 saturated heterocycles. The van der Waals surface area contributed by atoms with Crippen LogP contribution in [-0.4, -0.2) is 114 Å². The Morgan fingerprint density at radius 1 is 0.961 bits per heavy atom. The van der Waals surface area contributed by atoms with Crippen molar-refractivity contribution < 1.29 is 42.5 Å². The van der Waals surface area contributed by atoms with Gasteiger partial charge < -0.3 is 35.8 Å². The van der Waals surface area contributed by atoms with Crippen molar-refractivity contribution in [2.75, 3.05) is 36.9 Å². The van der Waals surface area contributed by atoms with Crippen molar-refractivity contribution in [3.05, 3.63) is 78.4 Å². The van der Waals surface area contributed by atoms with E-state index in [9.17, 15) is 37.8 Å². The summed E-state index contributed by atoms with van der Waals surface area (Å²) >= 11 is 1.32. The summed E-state index contributed by atoms with van der Waals surface area (Å²) in [5.74, 6) is -2.94. The van der Waals surface area contributed by atoms with Crippen molar-refractivity contribution >= 4 is 56.0 Å². The number of rotatable bonds is 17. The molecular formula is C36H46N4O9S2. The average molecular weight is 743 g/mol. The van der Waals surface area contributed by atoms with E-state index in [4.69, 9.17) is 4.74 Å². The molecule has 1 fully saturated rings. The fourth-order valence-electron chi connectivity index (χ4n) is 5.73. The summed E-state index contributed by atoms with van der Waals surface area (Å²) in [6, 6.07) is 17.2. The molecule has 1 aliphatic heterocycles. The SMILES string of the molecule is CCC(C)C(CO)NC(=O)[C@@H]1CSCN1C(=O)[C@@H](O)[C@H](Cc1ccccc1)NC(=O)[C@H](CS(C)(=O)=O)NC(=O)COc1cccc2ccccc12. The van der Waals surface area contributed by atoms with Gasteiger partial charge in [0.05, 0.1) is 30.3 Å². The number of aliphatic hydroxyl groups excluding tert-OH is 2. The molecular weight excluding hydrogens is 697 g/mol. The highest BCUT2D eigenvalue weighted by molar-refractivity contribution is 7.99. The highest BCUT2D eigenvalue weighted by atomic mass is 32.2. The Hall–Kier alpha value is -4.18. The molecule has 51 heavy (non-hydrogen) atoms. The zero-order chi connectivity index (χ0) is 37.1. The van der Waals surface area contributed by atoms with Gasteiger partial charge in [-0.2, -0.15) is 0 Å². The van der Waals surface area contributed by atoms with Crippen LogP contribution in [0.25, 0.3) is 10.8 Å². The molecule has 276 valence electrons. The third-order valence-electron chi connectivity index (χ3n) is 8.81. The van der Waals surface area contributed by atoms with Crippen molar-refractivity contribution in [3.8, 4) is 5.75 Å². The summed E-state index contributed by atoms with van der Waals surface area (Å²) in [4.78, 5) is 55.0. The van der Waals surface area contributed by atoms with Crippen LogP contribution >= 0.6 is 11.8 Å². The molecule has 3 aromatic carbocycles. The van der Waals surface area contributed by atoms with Crippen molar-refractivity contribution in [1.29, 1.82) is 0 Å². The predicted octanol–water partition coefficient (Wildman–Crippen LogP) is 1.26. The van der Waals surface area contributed by atoms with Crippen molar-refractivity contribution in [2.24, 2.45) is 5.92 Å². The monoisotopic (exact) mass is 742 g/mol. The minimum atomic E-state index is -3.81. The number of aliphatic hydroxyl groups is 2. The molecule has 15 heteroatoms. The van der Waals surface area contributed by atoms with Crippen LogP contribution in [0.3, 0.4) is 0 Å². The lowest BCUT2D eigenvalue weighted by Crippen LogP contribution is -2.60. The zero-order valence-corrected chi connectivity index (χ0v) is 30.5. The van der Waals surface area contributed by atoms with Gasteiger partial charge in [0.1, 0.15) is 27.7 Å². The fraction of sp³-hybridized carbons (Fsp3) is 0.444. The number of nitrogens with zero attached hydrogens (tertiary/aromatic N) is 1. The van der Waals surface area contributed by atoms with E-state index in [1.807, 2.05) is 44.2 Å². The van der Waals surface area contributed by atoms with Crippen LogP contribution in [0.4, 0.5) is 0 Å². The topological polar surface area (TPSA) is 191 Å². The smallest absolute Gasteiger partial charge is 0.258 e. The lowest BCUT2D eigenvalue weighted by molar-refractivity contribution is -0.147. The van der Waals surface area contributed by atoms with Crippen LogP contribution in [0.5, 0.6) is 5.75 Å². The second-order valence-electron chi connectivity index (χ2n) is 12.7. The number of hydrogen-bond donors (Lipinski definition) is 5. The van der Waals surface area contributed by atoms with Gasteiger partial charge in [0.15, 0.2) is 12.7 Å². The first-order valence-electron chi connectivity index (χ1n) is 16.7. The molecule has 0 bridgehead atoms. The molecule has 0 saturated carbocycles. The summed E-state index contributed by atoms with van der Waals surface area (Å²) < 4.78 is 30.5. The Morgan fingerprint density at radius 2 is 1.65 bits per heavy atom. The third kappa shape index (κ3) is 11.2. The highest BCUT2D eigenvalue weighted by Crippen LogP contribution is 2.26. The van der Waals surface area contributed by atoms with E-state index in [0.717, 1.165) is 17.0 Å². The number of nitrogens with one attached hydrogen (secondary N) is 3. The summed E-state index contributed by atoms with van der Waals surface area (Å²) in [6.07, 6.45) is -0.229. The van der Waals surface area contributed by atoms with Crippen LogP contribution in [0.15, 0.2) is 72.8 Å². The molecule has 0 aliphatic carbocycles. The van der Waals surface area contributed by atoms with Crippen LogP contribution in [-0.2, 0) is 35.4 Å². The number of carbonyl (C=O) groups is 4. The Morgan fingerprint density at radius 3 is 2.33 bits per heavy atom. The van der Waals surface area contributed by atoms with Gasteiger partial charge in [-0.15, -0.1) is 11.8 Å². The molecule has 5 N–H and O–H groups in total. The third-order valence-corrected chi connectivity index (χ3v) is 10.8. The van der Waals surface area contributed by atoms with Crippen LogP contribution in [0, 0.1) is 5.92 Å². The first kappa shape index (κ1) is 39.6. The minimum absolute atomic E-state index is 0.0154. The molecule has 1 aliphatic rings. The predicted molar refractivity (Wildman–Crippen MR) is 196 cm³/mol. The van der Waals surface area contributed by atoms with E-state index in [0.29, 0.717) is 17.7 Å². The molecule has 3 aromatic rings. The molecule has 2 unspecified atom stereocenters. The fourth-order valence-corrected chi connectivity index (χ4v) is 7.73. The molecule has 1 heterocycles. The van der Waals surface area contributed by atoms with Gasteiger partial charge >= 0.3 is 0 Å². The number of carbonyl (C=O) groups excluding carboxylic acids is 4. The van der Waals surface area contributed by atoms with Gasteiger partial charge in [-0.1, -0.05) is 87.0 Å². The minimum Gasteiger partial charge on any atom is -0.483 e. The Kier molecular flexibility index (Phi) is 14.3. The van der Waals surface area contributed by atoms with E-state index < -0.39 is 76.1 Å². The number of sulfone groups is 1. The van der Waals surface area contributed by atoms with E-state index in [1.54, 1.807) is 42.5 Å². The molecule has 0 aromatic heterocycles. The van der Waals surface area contributed by atoms with Gasteiger partial charge in [0.2, 0.25) is 11.8 Å². The molecule has 0 spiro atoms. The second-order valence-corrected chi connectivity index (χ2v) is 15.9. The lowest BCUT2D eigenvalue weighted by Gasteiger charge is -2.31. The molecule has 13 nitrogen and oxygen atoms in total. The van der Waals surface area contributed by atoms with Gasteiger partial charge in [-0.3, -0.25) is 19.2 Å². The Labute approximate surface area is 302 Å². The van der Waals surface area contributed by atoms with Crippen molar-refractivity contribution in [3.63, 3.8) is 0 Å². The first-order valence-corrected chi connectivity index (χ1v) is 19.9. The maximum atomic E-state index is 13.8. The van der Waals surface area contributed by atoms with E-state index in [2.05, 4.69) is 16.0 Å². The summed E-state index contributed by atoms with van der Waals surface area (Å²) in [6.45, 7) is 3.04. The number of thioether (sulfide) groups is 1. The number of hydrogen-bond acceptors (Lipinski definition) is 10. The van der Waals surface area contributed by atoms with E-state index in [-0.39, 0.29) is 30.6 Å². The van der Waals surface area contributed by atoms with E-state index in [1.165, 1.54) is 16.7 Å². The average Bonchev–Trinajstić information content (AvgIpc) is 3.61. The molecule has 0 radical (unpaired) electrons. The van der Waals surface area contributed by atoms with Crippen molar-refractivity contribution in [2.45, 2.75) is 57.0 Å². The maximum absolute atomic E-state index is 13.8. The van der Waals surface area contributed by atoms with Gasteiger partial charge in [0.25, 0.3) is 11.8 Å². The van der Waals surface area contributed by atoms with Crippen LogP contribution in [0.2, 0.25) is 0 Å². The normalized spacial score (nSPS) is 17.5. The maximum Gasteiger partial charge on any atom is 0.258 e. The number of fused-ring (bicyclic) bond motifs is 1. The quantitative estimate of drug-likeness (QED) is 0.135. The van der Waals surface area contributed by atoms with Crippen molar-refractivity contribution in [1.82, 2.24) is 20.9 Å². The summed E-state index contributed by atoms with van der Waals surface area (Å²) in [5.41, 5.74) is 0.659. The van der Waals surface area contributed by atoms with Gasteiger partial charge in [-0.05, 0) is 29.4 Å². The number of ether oxygens (including phenoxy) is 1. The molecule has 4 rings (SSSR count). The first-order chi connectivity index (χ1) is 24.3. The van der Waals surface area contributed by atoms with Gasteiger partial charge in [-0.25, -0.2) is 8.42 Å². The van der Waals surface area contributed by atoms with Gasteiger partial charge in [0, 0.05) is 17.4 Å². The molecule has 6 atom stereocenters. The Balaban J connectivity index is 1.51. The largest absolute Gasteiger partial charge is 0.483 e. The second kappa shape index (κ2) is 18.4. The number of benzene rings is 3. The molecule has 4 amide bonds. The van der Waals surface area contributed by atoms with Crippen LogP contribution in [0.1, 0.15) is 25.8 Å². The summed E-state index contributed by atoms with van der Waals surface area (Å²) in [7, 11) is -3.81. The standard InChI is InChI=1S/C36H46N4O9S2/c1-4-23(2)28(18-41)39-35(45)30-20-50-22-40(30)36(46)33(43)27(17-24-11-6-5-7-12-24)38-34(44)29(21-51(3,47)48)37-32(42)19-49-31-16-10-14-25-13-8-9-15-26(25)31/h5-16,23,27-30,33,41,43H,4,17-22H2,1-3H3,(H,37,42)(H,38,44)(H,39,45)/t23?,27-,28?,29-,30-,33-/m0/s1. The van der Waals surface area contributed by atoms with Crippen LogP contribution < -0.4 is 20.7 Å². The lowest BCUT2D eigenvalue weighted by atomic mass is 9.98. The zero-order valence-electron chi connectivity index (χ0n) is 28.9. The Bertz CT molecular complexity index is 1770. The highest BCUT2D eigenvalue weighted by Gasteiger charge is 2.41. The number of amides is 4. The van der Waals surface area contributed by atoms with E-state index >= 15 is 0 Å².